The number of nitrogens with one attached hydrogen (secondary N) is 1. The molecule has 1 spiro atoms. The van der Waals surface area contributed by atoms with Crippen molar-refractivity contribution < 1.29 is 45.8 Å². The van der Waals surface area contributed by atoms with Gasteiger partial charge in [-0.3, -0.25) is 14.5 Å². The summed E-state index contributed by atoms with van der Waals surface area (Å²) in [4.78, 5) is 36.6. The van der Waals surface area contributed by atoms with Crippen molar-refractivity contribution in [2.24, 2.45) is 5.41 Å². The highest BCUT2D eigenvalue weighted by Gasteiger charge is 2.70. The van der Waals surface area contributed by atoms with Crippen LogP contribution in [0.3, 0.4) is 0 Å². The van der Waals surface area contributed by atoms with Crippen LogP contribution in [0.1, 0.15) is 42.1 Å². The van der Waals surface area contributed by atoms with Crippen molar-refractivity contribution in [2.45, 2.75) is 62.6 Å². The van der Waals surface area contributed by atoms with Crippen LogP contribution in [0.15, 0.2) is 24.7 Å². The molecule has 1 saturated carbocycles. The summed E-state index contributed by atoms with van der Waals surface area (Å²) in [5.41, 5.74) is 3.44. The Bertz CT molecular complexity index is 1720. The van der Waals surface area contributed by atoms with E-state index in [1.165, 1.54) is 30.2 Å². The summed E-state index contributed by atoms with van der Waals surface area (Å²) >= 11 is 0. The number of carbonyl (C=O) groups is 2. The van der Waals surface area contributed by atoms with Gasteiger partial charge < -0.3 is 25.8 Å². The number of likely N-dealkylation sites (tertiary alicyclic amines) is 2. The van der Waals surface area contributed by atoms with Crippen LogP contribution < -0.4 is 15.8 Å². The standard InChI is InChI=1S/C29H32F6N8O4/c1-26(46,29(33,34)35)25(45)42-11-18(30)19(12-42)40-23(44)17-7-15(9-37-24(17)47-2)20-8-16(21-22(36)38-14-39-43(20)21)10-41-5-3-27(4-6-41)13-28(27,31)32/h7-9,14,18-19,46H,3-6,10-13H2,1-2H3,(H,40,44)(H2,36,38,39)/t18-,19+,26?/m0/s1. The molecule has 0 bridgehead atoms. The Labute approximate surface area is 263 Å². The number of methoxy groups -OCH3 is 1. The van der Waals surface area contributed by atoms with E-state index in [0.717, 1.165) is 0 Å². The number of nitrogens with two attached hydrogens (primary N) is 1. The number of nitrogen functional groups attached to an aromatic ring is 1. The van der Waals surface area contributed by atoms with Gasteiger partial charge in [0.05, 0.1) is 25.4 Å². The minimum atomic E-state index is -5.29. The molecule has 1 aliphatic carbocycles. The maximum atomic E-state index is 14.9. The number of piperidine rings is 1. The number of hydrogen-bond acceptors (Lipinski definition) is 9. The lowest BCUT2D eigenvalue weighted by molar-refractivity contribution is -0.249. The Morgan fingerprint density at radius 1 is 1.17 bits per heavy atom. The number of hydrogen-bond donors (Lipinski definition) is 3. The molecule has 0 aromatic carbocycles. The Balaban J connectivity index is 1.24. The van der Waals surface area contributed by atoms with E-state index in [1.807, 2.05) is 4.90 Å². The number of anilines is 1. The number of ether oxygens (including phenoxy) is 1. The molecule has 3 aromatic heterocycles. The topological polar surface area (TPSA) is 151 Å². The molecule has 3 aromatic rings. The van der Waals surface area contributed by atoms with Crippen LogP contribution in [0.4, 0.5) is 32.2 Å². The first-order valence-electron chi connectivity index (χ1n) is 14.8. The predicted octanol–water partition coefficient (Wildman–Crippen LogP) is 2.60. The highest BCUT2D eigenvalue weighted by molar-refractivity contribution is 5.98. The molecule has 254 valence electrons. The molecule has 2 saturated heterocycles. The van der Waals surface area contributed by atoms with Crippen molar-refractivity contribution >= 4 is 23.1 Å². The number of alkyl halides is 6. The third-order valence-electron chi connectivity index (χ3n) is 9.49. The van der Waals surface area contributed by atoms with E-state index >= 15 is 0 Å². The Kier molecular flexibility index (Phi) is 7.81. The van der Waals surface area contributed by atoms with E-state index < -0.39 is 60.2 Å². The monoisotopic (exact) mass is 670 g/mol. The van der Waals surface area contributed by atoms with Gasteiger partial charge in [-0.2, -0.15) is 18.3 Å². The lowest BCUT2D eigenvalue weighted by Gasteiger charge is -2.32. The summed E-state index contributed by atoms with van der Waals surface area (Å²) < 4.78 is 89.0. The zero-order valence-corrected chi connectivity index (χ0v) is 25.3. The molecule has 18 heteroatoms. The van der Waals surface area contributed by atoms with Gasteiger partial charge in [0, 0.05) is 36.7 Å². The SMILES string of the molecule is COc1ncc(-c2cc(CN3CCC4(CC3)CC4(F)F)c3c(N)ncnn23)cc1C(=O)N[C@@H]1CN(C(=O)C(C)(O)C(F)(F)F)C[C@@H]1F. The number of aliphatic hydroxyl groups is 1. The molecular formula is C29H32F6N8O4. The van der Waals surface area contributed by atoms with Crippen molar-refractivity contribution in [2.75, 3.05) is 39.0 Å². The van der Waals surface area contributed by atoms with E-state index in [4.69, 9.17) is 10.5 Å². The quantitative estimate of drug-likeness (QED) is 0.323. The number of pyridine rings is 1. The molecule has 2 amide bonds. The summed E-state index contributed by atoms with van der Waals surface area (Å²) in [6, 6.07) is 1.78. The van der Waals surface area contributed by atoms with Crippen molar-refractivity contribution in [1.29, 1.82) is 0 Å². The van der Waals surface area contributed by atoms with Gasteiger partial charge in [0.1, 0.15) is 23.6 Å². The van der Waals surface area contributed by atoms with Gasteiger partial charge in [0.25, 0.3) is 17.7 Å². The second kappa shape index (κ2) is 11.2. The molecule has 2 aliphatic heterocycles. The van der Waals surface area contributed by atoms with Crippen molar-refractivity contribution in [3.05, 3.63) is 35.8 Å². The molecule has 12 nitrogen and oxygen atoms in total. The molecular weight excluding hydrogens is 638 g/mol. The maximum Gasteiger partial charge on any atom is 0.426 e. The first-order chi connectivity index (χ1) is 22.0. The summed E-state index contributed by atoms with van der Waals surface area (Å²) in [6.45, 7) is 0.200. The molecule has 6 rings (SSSR count). The number of amides is 2. The minimum absolute atomic E-state index is 0.0857. The first-order valence-corrected chi connectivity index (χ1v) is 14.8. The number of nitrogens with zero attached hydrogens (tertiary/aromatic N) is 6. The number of aromatic nitrogens is 4. The van der Waals surface area contributed by atoms with E-state index in [2.05, 4.69) is 20.4 Å². The number of carbonyl (C=O) groups excluding carboxylic acids is 2. The Hall–Kier alpha value is -4.19. The molecule has 5 heterocycles. The first kappa shape index (κ1) is 32.7. The smallest absolute Gasteiger partial charge is 0.426 e. The second-order valence-corrected chi connectivity index (χ2v) is 12.6. The van der Waals surface area contributed by atoms with Crippen LogP contribution in [0, 0.1) is 5.41 Å². The lowest BCUT2D eigenvalue weighted by atomic mass is 9.92. The predicted molar refractivity (Wildman–Crippen MR) is 153 cm³/mol. The van der Waals surface area contributed by atoms with Gasteiger partial charge in [-0.15, -0.1) is 0 Å². The van der Waals surface area contributed by atoms with Crippen LogP contribution in [0.5, 0.6) is 5.88 Å². The second-order valence-electron chi connectivity index (χ2n) is 12.6. The summed E-state index contributed by atoms with van der Waals surface area (Å²) in [5.74, 6) is -5.21. The normalized spacial score (nSPS) is 23.6. The van der Waals surface area contributed by atoms with Crippen LogP contribution >= 0.6 is 0 Å². The molecule has 3 aliphatic rings. The van der Waals surface area contributed by atoms with Crippen molar-refractivity contribution in [3.63, 3.8) is 0 Å². The fourth-order valence-corrected chi connectivity index (χ4v) is 6.43. The highest BCUT2D eigenvalue weighted by Crippen LogP contribution is 2.65. The van der Waals surface area contributed by atoms with Crippen LogP contribution in [0.2, 0.25) is 0 Å². The number of fused-ring (bicyclic) bond motifs is 1. The highest BCUT2D eigenvalue weighted by atomic mass is 19.4. The van der Waals surface area contributed by atoms with Gasteiger partial charge in [-0.25, -0.2) is 27.7 Å². The van der Waals surface area contributed by atoms with Gasteiger partial charge >= 0.3 is 6.18 Å². The van der Waals surface area contributed by atoms with Gasteiger partial charge in [-0.05, 0) is 50.6 Å². The summed E-state index contributed by atoms with van der Waals surface area (Å²) in [6.07, 6.45) is -3.91. The third-order valence-corrected chi connectivity index (χ3v) is 9.49. The minimum Gasteiger partial charge on any atom is -0.480 e. The lowest BCUT2D eigenvalue weighted by Crippen LogP contribution is -2.56. The zero-order chi connectivity index (χ0) is 34.1. The zero-order valence-electron chi connectivity index (χ0n) is 25.3. The van der Waals surface area contributed by atoms with Crippen molar-refractivity contribution in [3.8, 4) is 17.1 Å². The number of halogens is 6. The maximum absolute atomic E-state index is 14.9. The average Bonchev–Trinajstić information content (AvgIpc) is 3.26. The molecule has 0 radical (unpaired) electrons. The number of rotatable bonds is 7. The summed E-state index contributed by atoms with van der Waals surface area (Å²) in [5, 5.41) is 16.5. The van der Waals surface area contributed by atoms with E-state index in [-0.39, 0.29) is 30.6 Å². The largest absolute Gasteiger partial charge is 0.480 e. The molecule has 47 heavy (non-hydrogen) atoms. The molecule has 3 fully saturated rings. The Morgan fingerprint density at radius 3 is 2.47 bits per heavy atom. The third kappa shape index (κ3) is 5.60. The van der Waals surface area contributed by atoms with Crippen LogP contribution in [0.25, 0.3) is 16.8 Å². The Morgan fingerprint density at radius 2 is 1.85 bits per heavy atom. The van der Waals surface area contributed by atoms with E-state index in [9.17, 15) is 41.0 Å². The van der Waals surface area contributed by atoms with Crippen molar-refractivity contribution in [1.82, 2.24) is 34.7 Å². The molecule has 4 N–H and O–H groups in total. The van der Waals surface area contributed by atoms with Gasteiger partial charge in [-0.1, -0.05) is 0 Å². The molecule has 1 unspecified atom stereocenters. The fraction of sp³-hybridized carbons (Fsp3) is 0.552. The van der Waals surface area contributed by atoms with Crippen LogP contribution in [-0.4, -0.2) is 110 Å². The van der Waals surface area contributed by atoms with E-state index in [0.29, 0.717) is 59.7 Å². The average molecular weight is 671 g/mol. The summed E-state index contributed by atoms with van der Waals surface area (Å²) in [7, 11) is 1.25. The fourth-order valence-electron chi connectivity index (χ4n) is 6.43. The van der Waals surface area contributed by atoms with Crippen LogP contribution in [-0.2, 0) is 11.3 Å². The van der Waals surface area contributed by atoms with Gasteiger partial charge in [0.2, 0.25) is 11.5 Å². The van der Waals surface area contributed by atoms with E-state index in [1.54, 1.807) is 6.07 Å². The van der Waals surface area contributed by atoms with Gasteiger partial charge in [0.15, 0.2) is 5.82 Å². The molecule has 3 atom stereocenters.